The maximum Gasteiger partial charge on any atom is 0.309 e. The fraction of sp³-hybridized carbons (Fsp3) is 0.462. The van der Waals surface area contributed by atoms with Crippen molar-refractivity contribution in [1.82, 2.24) is 0 Å². The number of carboxylic acids is 1. The summed E-state index contributed by atoms with van der Waals surface area (Å²) in [7, 11) is -2.75. The van der Waals surface area contributed by atoms with E-state index in [9.17, 15) is 14.7 Å². The summed E-state index contributed by atoms with van der Waals surface area (Å²) in [6.45, 7) is 12.0. The van der Waals surface area contributed by atoms with Crippen LogP contribution in [0.2, 0.25) is 5.04 Å². The van der Waals surface area contributed by atoms with Gasteiger partial charge in [0.25, 0.3) is 8.32 Å². The smallest absolute Gasteiger partial charge is 0.309 e. The average Bonchev–Trinajstić information content (AvgIpc) is 2.69. The van der Waals surface area contributed by atoms with E-state index in [4.69, 9.17) is 9.16 Å². The van der Waals surface area contributed by atoms with Crippen LogP contribution in [0.1, 0.15) is 54.4 Å². The van der Waals surface area contributed by atoms with Gasteiger partial charge in [0, 0.05) is 19.0 Å². The second kappa shape index (κ2) is 10.4. The lowest BCUT2D eigenvalue weighted by molar-refractivity contribution is -0.307. The molecule has 174 valence electrons. The molecule has 0 bridgehead atoms. The molecule has 5 nitrogen and oxygen atoms in total. The largest absolute Gasteiger partial charge is 0.550 e. The molecule has 0 spiro atoms. The van der Waals surface area contributed by atoms with Crippen molar-refractivity contribution in [3.05, 3.63) is 60.7 Å². The number of carboxylic acid groups (broad SMARTS) is 1. The highest BCUT2D eigenvalue weighted by molar-refractivity contribution is 6.99. The number of benzene rings is 2. The molecule has 2 aromatic rings. The van der Waals surface area contributed by atoms with Crippen LogP contribution in [0.3, 0.4) is 0 Å². The zero-order valence-corrected chi connectivity index (χ0v) is 21.0. The van der Waals surface area contributed by atoms with Crippen LogP contribution in [-0.4, -0.2) is 32.5 Å². The van der Waals surface area contributed by atoms with Gasteiger partial charge in [-0.2, -0.15) is 0 Å². The lowest BCUT2D eigenvalue weighted by Crippen LogP contribution is -2.66. The average molecular weight is 456 g/mol. The third-order valence-corrected chi connectivity index (χ3v) is 10.4. The van der Waals surface area contributed by atoms with Gasteiger partial charge in [-0.15, -0.1) is 0 Å². The van der Waals surface area contributed by atoms with Crippen LogP contribution < -0.4 is 15.5 Å². The molecule has 2 rings (SSSR count). The van der Waals surface area contributed by atoms with E-state index in [-0.39, 0.29) is 24.5 Å². The van der Waals surface area contributed by atoms with Gasteiger partial charge in [-0.1, -0.05) is 81.4 Å². The molecule has 0 amide bonds. The zero-order chi connectivity index (χ0) is 24.0. The van der Waals surface area contributed by atoms with Crippen molar-refractivity contribution in [3.8, 4) is 0 Å². The maximum absolute atomic E-state index is 12.6. The number of carbonyl (C=O) groups is 2. The summed E-state index contributed by atoms with van der Waals surface area (Å²) >= 11 is 0. The van der Waals surface area contributed by atoms with Gasteiger partial charge in [0.15, 0.2) is 0 Å². The van der Waals surface area contributed by atoms with E-state index in [1.54, 1.807) is 20.8 Å². The van der Waals surface area contributed by atoms with E-state index < -0.39 is 31.8 Å². The number of ether oxygens (including phenoxy) is 1. The third kappa shape index (κ3) is 6.53. The van der Waals surface area contributed by atoms with Crippen molar-refractivity contribution in [3.63, 3.8) is 0 Å². The standard InChI is InChI=1S/C26H36O5Si/c1-25(2,3)31-24(29)20(19-23(27)28)17-18-30-32(26(4,5)6,21-13-9-7-10-14-21)22-15-11-8-12-16-22/h7-16,20H,17-19H2,1-6H3,(H,27,28)/p-1/t20-/m1/s1. The Labute approximate surface area is 192 Å². The Morgan fingerprint density at radius 3 is 1.72 bits per heavy atom. The molecule has 0 radical (unpaired) electrons. The molecule has 0 aliphatic rings. The predicted octanol–water partition coefficient (Wildman–Crippen LogP) is 3.05. The molecule has 0 fully saturated rings. The Kier molecular flexibility index (Phi) is 8.43. The summed E-state index contributed by atoms with van der Waals surface area (Å²) in [6, 6.07) is 20.4. The molecule has 0 N–H and O–H groups in total. The second-order valence-electron chi connectivity index (χ2n) is 10.1. The molecular weight excluding hydrogens is 420 g/mol. The molecule has 6 heteroatoms. The Bertz CT molecular complexity index is 842. The highest BCUT2D eigenvalue weighted by Crippen LogP contribution is 2.37. The predicted molar refractivity (Wildman–Crippen MR) is 127 cm³/mol. The number of hydrogen-bond acceptors (Lipinski definition) is 5. The molecule has 0 heterocycles. The first-order valence-corrected chi connectivity index (χ1v) is 13.0. The van der Waals surface area contributed by atoms with E-state index >= 15 is 0 Å². The Hall–Kier alpha value is -2.44. The molecule has 1 atom stereocenters. The van der Waals surface area contributed by atoms with Gasteiger partial charge in [-0.05, 0) is 42.6 Å². The third-order valence-electron chi connectivity index (χ3n) is 5.35. The van der Waals surface area contributed by atoms with Crippen LogP contribution in [0, 0.1) is 5.92 Å². The van der Waals surface area contributed by atoms with E-state index in [0.29, 0.717) is 0 Å². The van der Waals surface area contributed by atoms with Crippen molar-refractivity contribution >= 4 is 30.6 Å². The van der Waals surface area contributed by atoms with E-state index in [0.717, 1.165) is 10.4 Å². The van der Waals surface area contributed by atoms with Gasteiger partial charge >= 0.3 is 5.97 Å². The minimum Gasteiger partial charge on any atom is -0.550 e. The van der Waals surface area contributed by atoms with Gasteiger partial charge in [0.2, 0.25) is 0 Å². The van der Waals surface area contributed by atoms with Gasteiger partial charge < -0.3 is 19.1 Å². The van der Waals surface area contributed by atoms with Gasteiger partial charge in [-0.25, -0.2) is 0 Å². The summed E-state index contributed by atoms with van der Waals surface area (Å²) in [6.07, 6.45) is -0.146. The first kappa shape index (κ1) is 25.8. The molecule has 0 aliphatic heterocycles. The summed E-state index contributed by atoms with van der Waals surface area (Å²) in [5.74, 6) is -2.63. The highest BCUT2D eigenvalue weighted by Gasteiger charge is 2.50. The van der Waals surface area contributed by atoms with Crippen LogP contribution in [0.4, 0.5) is 0 Å². The van der Waals surface area contributed by atoms with Crippen LogP contribution in [0.15, 0.2) is 60.7 Å². The lowest BCUT2D eigenvalue weighted by atomic mass is 10.0. The molecule has 0 saturated carbocycles. The van der Waals surface area contributed by atoms with Gasteiger partial charge in [0.05, 0.1) is 5.92 Å². The van der Waals surface area contributed by atoms with Crippen molar-refractivity contribution in [1.29, 1.82) is 0 Å². The summed E-state index contributed by atoms with van der Waals surface area (Å²) < 4.78 is 12.2. The maximum atomic E-state index is 12.6. The Morgan fingerprint density at radius 1 is 0.875 bits per heavy atom. The van der Waals surface area contributed by atoms with E-state index in [2.05, 4.69) is 45.0 Å². The van der Waals surface area contributed by atoms with Crippen molar-refractivity contribution < 1.29 is 23.9 Å². The van der Waals surface area contributed by atoms with Gasteiger partial charge in [0.1, 0.15) is 5.60 Å². The quantitative estimate of drug-likeness (QED) is 0.429. The molecule has 32 heavy (non-hydrogen) atoms. The fourth-order valence-corrected chi connectivity index (χ4v) is 8.58. The van der Waals surface area contributed by atoms with Crippen LogP contribution in [-0.2, 0) is 18.8 Å². The van der Waals surface area contributed by atoms with Crippen LogP contribution in [0.25, 0.3) is 0 Å². The highest BCUT2D eigenvalue weighted by atomic mass is 28.4. The molecule has 0 saturated heterocycles. The number of esters is 1. The van der Waals surface area contributed by atoms with Crippen LogP contribution in [0.5, 0.6) is 0 Å². The Balaban J connectivity index is 2.38. The van der Waals surface area contributed by atoms with Crippen molar-refractivity contribution in [2.45, 2.75) is 65.0 Å². The minimum absolute atomic E-state index is 0.203. The molecule has 0 aliphatic carbocycles. The fourth-order valence-electron chi connectivity index (χ4n) is 4.01. The van der Waals surface area contributed by atoms with E-state index in [1.807, 2.05) is 36.4 Å². The first-order valence-electron chi connectivity index (χ1n) is 11.0. The summed E-state index contributed by atoms with van der Waals surface area (Å²) in [5, 5.41) is 13.4. The lowest BCUT2D eigenvalue weighted by Gasteiger charge is -2.43. The van der Waals surface area contributed by atoms with Crippen molar-refractivity contribution in [2.75, 3.05) is 6.61 Å². The summed E-state index contributed by atoms with van der Waals surface area (Å²) in [5.41, 5.74) is -0.694. The van der Waals surface area contributed by atoms with Crippen LogP contribution >= 0.6 is 0 Å². The number of aliphatic carboxylic acids is 1. The van der Waals surface area contributed by atoms with Crippen molar-refractivity contribution in [2.24, 2.45) is 5.92 Å². The van der Waals surface area contributed by atoms with E-state index in [1.165, 1.54) is 0 Å². The zero-order valence-electron chi connectivity index (χ0n) is 20.0. The topological polar surface area (TPSA) is 75.7 Å². The van der Waals surface area contributed by atoms with Gasteiger partial charge in [-0.3, -0.25) is 4.79 Å². The number of hydrogen-bond donors (Lipinski definition) is 0. The number of rotatable bonds is 9. The molecule has 0 aromatic heterocycles. The minimum atomic E-state index is -2.75. The SMILES string of the molecule is CC(C)(C)OC(=O)[C@H](CCO[Si](c1ccccc1)(c1ccccc1)C(C)(C)C)CC(=O)[O-]. The monoisotopic (exact) mass is 455 g/mol. The second-order valence-corrected chi connectivity index (χ2v) is 14.4. The normalized spacial score (nSPS) is 13.4. The number of carbonyl (C=O) groups excluding carboxylic acids is 2. The molecule has 0 unspecified atom stereocenters. The first-order chi connectivity index (χ1) is 14.9. The summed E-state index contributed by atoms with van der Waals surface area (Å²) in [4.78, 5) is 23.9. The molecule has 2 aromatic carbocycles. The Morgan fingerprint density at radius 2 is 1.34 bits per heavy atom. The molecular formula is C26H35O5Si-.